The minimum atomic E-state index is -0.366. The Morgan fingerprint density at radius 3 is 2.69 bits per heavy atom. The van der Waals surface area contributed by atoms with Crippen molar-refractivity contribution in [1.82, 2.24) is 5.43 Å². The molecule has 1 saturated carbocycles. The van der Waals surface area contributed by atoms with Crippen molar-refractivity contribution in [3.8, 4) is 0 Å². The number of hydrogen-bond donors (Lipinski definition) is 4. The molecule has 1 rings (SSSR count). The number of guanidine groups is 1. The monoisotopic (exact) mass is 186 g/mol. The maximum Gasteiger partial charge on any atom is 0.203 e. The van der Waals surface area contributed by atoms with Crippen molar-refractivity contribution in [3.05, 3.63) is 0 Å². The van der Waals surface area contributed by atoms with Crippen LogP contribution in [0.1, 0.15) is 32.1 Å². The van der Waals surface area contributed by atoms with Gasteiger partial charge in [0, 0.05) is 0 Å². The van der Waals surface area contributed by atoms with Gasteiger partial charge in [-0.15, -0.1) is 0 Å². The zero-order chi connectivity index (χ0) is 9.68. The lowest BCUT2D eigenvalue weighted by atomic mass is 10.1. The van der Waals surface area contributed by atoms with E-state index in [0.29, 0.717) is 0 Å². The second kappa shape index (κ2) is 5.04. The predicted molar refractivity (Wildman–Crippen MR) is 51.8 cm³/mol. The van der Waals surface area contributed by atoms with Crippen molar-refractivity contribution in [1.29, 1.82) is 0 Å². The van der Waals surface area contributed by atoms with Crippen molar-refractivity contribution in [2.75, 3.05) is 0 Å². The summed E-state index contributed by atoms with van der Waals surface area (Å²) in [6.07, 6.45) is 4.68. The number of aliphatic imine (C=N–C) groups is 1. The molecule has 5 heteroatoms. The number of hydrogen-bond acceptors (Lipinski definition) is 3. The van der Waals surface area contributed by atoms with E-state index in [1.54, 1.807) is 0 Å². The molecule has 0 saturated heterocycles. The van der Waals surface area contributed by atoms with Gasteiger partial charge in [-0.25, -0.2) is 10.8 Å². The number of aliphatic hydroxyl groups is 1. The number of nitrogens with one attached hydrogen (secondary N) is 1. The molecule has 1 aliphatic rings. The summed E-state index contributed by atoms with van der Waals surface area (Å²) in [5, 5.41) is 9.66. The second-order valence-electron chi connectivity index (χ2n) is 3.43. The molecule has 5 nitrogen and oxygen atoms in total. The Morgan fingerprint density at radius 1 is 1.31 bits per heavy atom. The van der Waals surface area contributed by atoms with Gasteiger partial charge < -0.3 is 10.8 Å². The maximum atomic E-state index is 9.66. The molecule has 0 aromatic heterocycles. The van der Waals surface area contributed by atoms with Gasteiger partial charge in [0.05, 0.1) is 12.1 Å². The van der Waals surface area contributed by atoms with Gasteiger partial charge in [-0.3, -0.25) is 5.43 Å². The van der Waals surface area contributed by atoms with E-state index in [4.69, 9.17) is 11.6 Å². The predicted octanol–water partition coefficient (Wildman–Crippen LogP) is -0.542. The van der Waals surface area contributed by atoms with Crippen molar-refractivity contribution < 1.29 is 5.11 Å². The first-order chi connectivity index (χ1) is 6.24. The number of hydrazine groups is 1. The fourth-order valence-corrected chi connectivity index (χ4v) is 1.64. The highest BCUT2D eigenvalue weighted by atomic mass is 16.3. The number of rotatable bonds is 1. The summed E-state index contributed by atoms with van der Waals surface area (Å²) in [7, 11) is 0. The molecule has 2 unspecified atom stereocenters. The van der Waals surface area contributed by atoms with Crippen LogP contribution < -0.4 is 17.0 Å². The van der Waals surface area contributed by atoms with E-state index < -0.39 is 0 Å². The van der Waals surface area contributed by atoms with Crippen LogP contribution in [0.25, 0.3) is 0 Å². The maximum absolute atomic E-state index is 9.66. The van der Waals surface area contributed by atoms with Crippen molar-refractivity contribution in [2.24, 2.45) is 16.6 Å². The smallest absolute Gasteiger partial charge is 0.203 e. The van der Waals surface area contributed by atoms with Crippen molar-refractivity contribution in [2.45, 2.75) is 44.2 Å². The Labute approximate surface area is 78.2 Å². The van der Waals surface area contributed by atoms with E-state index in [-0.39, 0.29) is 18.1 Å². The highest BCUT2D eigenvalue weighted by Crippen LogP contribution is 2.20. The van der Waals surface area contributed by atoms with Crippen LogP contribution in [0.15, 0.2) is 4.99 Å². The molecule has 76 valence electrons. The summed E-state index contributed by atoms with van der Waals surface area (Å²) in [6.45, 7) is 0. The summed E-state index contributed by atoms with van der Waals surface area (Å²) >= 11 is 0. The van der Waals surface area contributed by atoms with Crippen molar-refractivity contribution in [3.63, 3.8) is 0 Å². The molecule has 0 spiro atoms. The summed E-state index contributed by atoms with van der Waals surface area (Å²) in [6, 6.07) is -0.0847. The average molecular weight is 186 g/mol. The summed E-state index contributed by atoms with van der Waals surface area (Å²) in [5.41, 5.74) is 7.69. The molecule has 0 aromatic carbocycles. The largest absolute Gasteiger partial charge is 0.391 e. The first-order valence-electron chi connectivity index (χ1n) is 4.72. The van der Waals surface area contributed by atoms with E-state index in [9.17, 15) is 5.11 Å². The molecule has 13 heavy (non-hydrogen) atoms. The normalized spacial score (nSPS) is 31.1. The molecular formula is C8H18N4O. The van der Waals surface area contributed by atoms with Crippen LogP contribution in [0.5, 0.6) is 0 Å². The molecule has 0 aromatic rings. The van der Waals surface area contributed by atoms with Crippen LogP contribution in [-0.2, 0) is 0 Å². The van der Waals surface area contributed by atoms with E-state index in [1.807, 2.05) is 0 Å². The van der Waals surface area contributed by atoms with Gasteiger partial charge in [0.15, 0.2) is 0 Å². The molecule has 0 bridgehead atoms. The summed E-state index contributed by atoms with van der Waals surface area (Å²) in [4.78, 5) is 4.10. The lowest BCUT2D eigenvalue weighted by molar-refractivity contribution is 0.138. The van der Waals surface area contributed by atoms with Gasteiger partial charge in [-0.2, -0.15) is 0 Å². The molecular weight excluding hydrogens is 168 g/mol. The number of nitrogens with two attached hydrogens (primary N) is 2. The quantitative estimate of drug-likeness (QED) is 0.145. The molecule has 2 atom stereocenters. The highest BCUT2D eigenvalue weighted by Gasteiger charge is 2.20. The second-order valence-corrected chi connectivity index (χ2v) is 3.43. The summed E-state index contributed by atoms with van der Waals surface area (Å²) in [5.74, 6) is 5.29. The van der Waals surface area contributed by atoms with E-state index in [2.05, 4.69) is 10.4 Å². The third kappa shape index (κ3) is 3.20. The lowest BCUT2D eigenvalue weighted by Crippen LogP contribution is -2.39. The minimum absolute atomic E-state index is 0.0847. The molecule has 6 N–H and O–H groups in total. The topological polar surface area (TPSA) is 96.7 Å². The van der Waals surface area contributed by atoms with Gasteiger partial charge in [0.2, 0.25) is 5.96 Å². The van der Waals surface area contributed by atoms with E-state index >= 15 is 0 Å². The Hall–Kier alpha value is -0.810. The average Bonchev–Trinajstić information content (AvgIpc) is 2.32. The van der Waals surface area contributed by atoms with E-state index in [0.717, 1.165) is 25.7 Å². The van der Waals surface area contributed by atoms with Gasteiger partial charge in [-0.05, 0) is 12.8 Å². The van der Waals surface area contributed by atoms with Crippen LogP contribution >= 0.6 is 0 Å². The SMILES string of the molecule is NNC(N)=NC1CCCCCC1O. The van der Waals surface area contributed by atoms with Crippen LogP contribution in [0.4, 0.5) is 0 Å². The van der Waals surface area contributed by atoms with Gasteiger partial charge in [-0.1, -0.05) is 19.3 Å². The number of nitrogens with zero attached hydrogens (tertiary/aromatic N) is 1. The van der Waals surface area contributed by atoms with Gasteiger partial charge in [0.1, 0.15) is 0 Å². The molecule has 0 heterocycles. The van der Waals surface area contributed by atoms with Crippen LogP contribution in [0.2, 0.25) is 0 Å². The standard InChI is InChI=1S/C8H18N4O/c9-8(12-10)11-6-4-2-1-3-5-7(6)13/h6-7,13H,1-5,10H2,(H3,9,11,12). The number of aliphatic hydroxyl groups excluding tert-OH is 1. The van der Waals surface area contributed by atoms with Gasteiger partial charge in [0.25, 0.3) is 0 Å². The minimum Gasteiger partial charge on any atom is -0.391 e. The molecule has 0 radical (unpaired) electrons. The molecule has 0 amide bonds. The first kappa shape index (κ1) is 10.3. The van der Waals surface area contributed by atoms with Crippen LogP contribution in [0, 0.1) is 0 Å². The Bertz CT molecular complexity index is 183. The molecule has 1 fully saturated rings. The Balaban J connectivity index is 2.54. The highest BCUT2D eigenvalue weighted by molar-refractivity contribution is 5.77. The van der Waals surface area contributed by atoms with Crippen molar-refractivity contribution >= 4 is 5.96 Å². The third-order valence-electron chi connectivity index (χ3n) is 2.40. The zero-order valence-electron chi connectivity index (χ0n) is 7.74. The Kier molecular flexibility index (Phi) is 3.98. The van der Waals surface area contributed by atoms with E-state index in [1.165, 1.54) is 6.42 Å². The molecule has 1 aliphatic carbocycles. The molecule has 0 aliphatic heterocycles. The lowest BCUT2D eigenvalue weighted by Gasteiger charge is -2.16. The zero-order valence-corrected chi connectivity index (χ0v) is 7.74. The summed E-state index contributed by atoms with van der Waals surface area (Å²) < 4.78 is 0. The first-order valence-corrected chi connectivity index (χ1v) is 4.72. The van der Waals surface area contributed by atoms with Crippen LogP contribution in [0.3, 0.4) is 0 Å². The Morgan fingerprint density at radius 2 is 2.00 bits per heavy atom. The third-order valence-corrected chi connectivity index (χ3v) is 2.40. The van der Waals surface area contributed by atoms with Crippen LogP contribution in [-0.4, -0.2) is 23.2 Å². The fraction of sp³-hybridized carbons (Fsp3) is 0.875. The van der Waals surface area contributed by atoms with Gasteiger partial charge >= 0.3 is 0 Å². The fourth-order valence-electron chi connectivity index (χ4n) is 1.64.